The van der Waals surface area contributed by atoms with Crippen LogP contribution in [0, 0.1) is 5.82 Å². The highest BCUT2D eigenvalue weighted by molar-refractivity contribution is 7.89. The average molecular weight is 390 g/mol. The summed E-state index contributed by atoms with van der Waals surface area (Å²) in [5.74, 6) is -0.959. The van der Waals surface area contributed by atoms with Crippen molar-refractivity contribution in [2.45, 2.75) is 10.9 Å². The lowest BCUT2D eigenvalue weighted by Crippen LogP contribution is -2.52. The van der Waals surface area contributed by atoms with Crippen molar-refractivity contribution in [1.82, 2.24) is 19.6 Å². The molecule has 0 saturated carbocycles. The predicted octanol–water partition coefficient (Wildman–Crippen LogP) is 0.857. The van der Waals surface area contributed by atoms with Crippen LogP contribution in [0.5, 0.6) is 0 Å². The average Bonchev–Trinajstić information content (AvgIpc) is 3.01. The van der Waals surface area contributed by atoms with Gasteiger partial charge in [0.1, 0.15) is 11.9 Å². The quantitative estimate of drug-likeness (QED) is 0.615. The first-order chi connectivity index (χ1) is 12.9. The number of imidazole rings is 1. The minimum Gasteiger partial charge on any atom is -0.353 e. The van der Waals surface area contributed by atoms with E-state index in [-0.39, 0.29) is 18.0 Å². The van der Waals surface area contributed by atoms with Crippen molar-refractivity contribution < 1.29 is 17.6 Å². The summed E-state index contributed by atoms with van der Waals surface area (Å²) < 4.78 is 40.7. The van der Waals surface area contributed by atoms with Crippen molar-refractivity contribution in [3.8, 4) is 0 Å². The molecule has 2 aromatic carbocycles. The molecular weight excluding hydrogens is 375 g/mol. The largest absolute Gasteiger partial charge is 0.353 e. The van der Waals surface area contributed by atoms with Gasteiger partial charge in [0.2, 0.25) is 15.9 Å². The number of H-pyrrole nitrogens is 2. The molecule has 0 bridgehead atoms. The zero-order chi connectivity index (χ0) is 19.2. The Kier molecular flexibility index (Phi) is 4.08. The number of carbonyl (C=O) groups excluding carboxylic acids is 1. The molecule has 0 radical (unpaired) electrons. The predicted molar refractivity (Wildman–Crippen MR) is 95.0 cm³/mol. The lowest BCUT2D eigenvalue weighted by molar-refractivity contribution is -0.126. The van der Waals surface area contributed by atoms with Gasteiger partial charge in [0.15, 0.2) is 0 Å². The van der Waals surface area contributed by atoms with E-state index in [1.807, 2.05) is 0 Å². The molecule has 3 aromatic rings. The first-order valence-electron chi connectivity index (χ1n) is 8.13. The Balaban J connectivity index is 1.80. The minimum atomic E-state index is -4.04. The van der Waals surface area contributed by atoms with Crippen molar-refractivity contribution in [3.63, 3.8) is 0 Å². The Morgan fingerprint density at radius 1 is 1.00 bits per heavy atom. The number of nitrogens with zero attached hydrogens (tertiary/aromatic N) is 1. The molecule has 0 aliphatic carbocycles. The van der Waals surface area contributed by atoms with Crippen molar-refractivity contribution >= 4 is 27.0 Å². The number of fused-ring (bicyclic) bond motifs is 1. The van der Waals surface area contributed by atoms with Gasteiger partial charge in [0, 0.05) is 13.1 Å². The molecule has 1 aromatic heterocycles. The molecule has 1 aliphatic rings. The molecule has 27 heavy (non-hydrogen) atoms. The first kappa shape index (κ1) is 17.4. The minimum absolute atomic E-state index is 0.0490. The molecule has 140 valence electrons. The number of nitrogens with one attached hydrogen (secondary N) is 3. The third-order valence-corrected chi connectivity index (χ3v) is 6.31. The number of carbonyl (C=O) groups is 1. The first-order valence-corrected chi connectivity index (χ1v) is 9.57. The van der Waals surface area contributed by atoms with Crippen molar-refractivity contribution in [1.29, 1.82) is 0 Å². The van der Waals surface area contributed by atoms with E-state index in [0.29, 0.717) is 16.6 Å². The van der Waals surface area contributed by atoms with Gasteiger partial charge in [-0.25, -0.2) is 17.6 Å². The number of sulfonamides is 1. The molecule has 1 fully saturated rings. The SMILES string of the molecule is O=C1NCCN(S(=O)(=O)c2ccc3[nH]c(=O)[nH]c3c2)C1c1ccc(F)cc1. The van der Waals surface area contributed by atoms with Crippen LogP contribution in [0.4, 0.5) is 4.39 Å². The maximum atomic E-state index is 13.2. The maximum Gasteiger partial charge on any atom is 0.323 e. The number of hydrogen-bond acceptors (Lipinski definition) is 4. The summed E-state index contributed by atoms with van der Waals surface area (Å²) in [4.78, 5) is 28.8. The lowest BCUT2D eigenvalue weighted by atomic mass is 10.0. The second-order valence-corrected chi connectivity index (χ2v) is 8.04. The highest BCUT2D eigenvalue weighted by Crippen LogP contribution is 2.30. The van der Waals surface area contributed by atoms with Gasteiger partial charge >= 0.3 is 5.69 Å². The Hall–Kier alpha value is -2.98. The Labute approximate surface area is 153 Å². The van der Waals surface area contributed by atoms with Gasteiger partial charge in [0.25, 0.3) is 0 Å². The normalized spacial score (nSPS) is 18.6. The van der Waals surface area contributed by atoms with Gasteiger partial charge in [-0.3, -0.25) is 4.79 Å². The van der Waals surface area contributed by atoms with Crippen LogP contribution >= 0.6 is 0 Å². The smallest absolute Gasteiger partial charge is 0.323 e. The molecule has 8 nitrogen and oxygen atoms in total. The number of halogens is 1. The van der Waals surface area contributed by atoms with Crippen molar-refractivity contribution in [3.05, 3.63) is 64.3 Å². The third kappa shape index (κ3) is 3.02. The highest BCUT2D eigenvalue weighted by Gasteiger charge is 2.39. The summed E-state index contributed by atoms with van der Waals surface area (Å²) in [5.41, 5.74) is 0.751. The van der Waals surface area contributed by atoms with Gasteiger partial charge in [-0.1, -0.05) is 12.1 Å². The molecule has 2 heterocycles. The zero-order valence-electron chi connectivity index (χ0n) is 13.9. The zero-order valence-corrected chi connectivity index (χ0v) is 14.7. The van der Waals surface area contributed by atoms with Crippen molar-refractivity contribution in [2.24, 2.45) is 0 Å². The third-order valence-electron chi connectivity index (χ3n) is 4.45. The molecule has 1 unspecified atom stereocenters. The topological polar surface area (TPSA) is 115 Å². The van der Waals surface area contributed by atoms with E-state index < -0.39 is 33.5 Å². The van der Waals surface area contributed by atoms with Crippen LogP contribution in [0.25, 0.3) is 11.0 Å². The standard InChI is InChI=1S/C17H15FN4O4S/c18-11-3-1-10(2-4-11)15-16(23)19-7-8-22(15)27(25,26)12-5-6-13-14(9-12)21-17(24)20-13/h1-6,9,15H,7-8H2,(H,19,23)(H2,20,21,24). The van der Waals surface area contributed by atoms with Gasteiger partial charge in [-0.15, -0.1) is 0 Å². The molecule has 1 amide bonds. The maximum absolute atomic E-state index is 13.2. The van der Waals surface area contributed by atoms with Crippen LogP contribution < -0.4 is 11.0 Å². The van der Waals surface area contributed by atoms with Crippen LogP contribution in [0.3, 0.4) is 0 Å². The molecule has 4 rings (SSSR count). The fraction of sp³-hybridized carbons (Fsp3) is 0.176. The number of aromatic amines is 2. The monoisotopic (exact) mass is 390 g/mol. The van der Waals surface area contributed by atoms with E-state index in [2.05, 4.69) is 15.3 Å². The summed E-state index contributed by atoms with van der Waals surface area (Å²) >= 11 is 0. The second-order valence-electron chi connectivity index (χ2n) is 6.15. The fourth-order valence-electron chi connectivity index (χ4n) is 3.18. The molecular formula is C17H15FN4O4S. The Bertz CT molecular complexity index is 1180. The van der Waals surface area contributed by atoms with Crippen LogP contribution in [-0.2, 0) is 14.8 Å². The van der Waals surface area contributed by atoms with E-state index in [4.69, 9.17) is 0 Å². The van der Waals surface area contributed by atoms with Gasteiger partial charge in [0.05, 0.1) is 15.9 Å². The molecule has 1 saturated heterocycles. The van der Waals surface area contributed by atoms with E-state index in [0.717, 1.165) is 4.31 Å². The summed E-state index contributed by atoms with van der Waals surface area (Å²) in [6.45, 7) is 0.233. The highest BCUT2D eigenvalue weighted by atomic mass is 32.2. The van der Waals surface area contributed by atoms with Crippen LogP contribution in [0.2, 0.25) is 0 Å². The molecule has 1 aliphatic heterocycles. The molecule has 0 spiro atoms. The van der Waals surface area contributed by atoms with Gasteiger partial charge in [-0.05, 0) is 35.9 Å². The van der Waals surface area contributed by atoms with Gasteiger partial charge < -0.3 is 15.3 Å². The summed E-state index contributed by atoms with van der Waals surface area (Å²) in [7, 11) is -4.04. The van der Waals surface area contributed by atoms with E-state index in [1.165, 1.54) is 42.5 Å². The van der Waals surface area contributed by atoms with Gasteiger partial charge in [-0.2, -0.15) is 4.31 Å². The number of aromatic nitrogens is 2. The summed E-state index contributed by atoms with van der Waals surface area (Å²) in [5, 5.41) is 2.64. The van der Waals surface area contributed by atoms with E-state index in [1.54, 1.807) is 0 Å². The molecule has 10 heteroatoms. The summed E-state index contributed by atoms with van der Waals surface area (Å²) in [6, 6.07) is 8.23. The van der Waals surface area contributed by atoms with Crippen LogP contribution in [0.15, 0.2) is 52.2 Å². The number of rotatable bonds is 3. The fourth-order valence-corrected chi connectivity index (χ4v) is 4.78. The molecule has 3 N–H and O–H groups in total. The second kappa shape index (κ2) is 6.32. The Morgan fingerprint density at radius 3 is 2.44 bits per heavy atom. The number of hydrogen-bond donors (Lipinski definition) is 3. The van der Waals surface area contributed by atoms with E-state index in [9.17, 15) is 22.4 Å². The lowest BCUT2D eigenvalue weighted by Gasteiger charge is -2.34. The van der Waals surface area contributed by atoms with E-state index >= 15 is 0 Å². The number of benzene rings is 2. The van der Waals surface area contributed by atoms with Crippen LogP contribution in [-0.4, -0.2) is 41.7 Å². The summed E-state index contributed by atoms with van der Waals surface area (Å²) in [6.07, 6.45) is 0. The van der Waals surface area contributed by atoms with Crippen LogP contribution in [0.1, 0.15) is 11.6 Å². The number of amides is 1. The molecule has 1 atom stereocenters. The van der Waals surface area contributed by atoms with Crippen molar-refractivity contribution in [2.75, 3.05) is 13.1 Å². The Morgan fingerprint density at radius 2 is 1.70 bits per heavy atom. The number of piperazine rings is 1.